The summed E-state index contributed by atoms with van der Waals surface area (Å²) in [7, 11) is 0. The Kier molecular flexibility index (Phi) is 6.11. The smallest absolute Gasteiger partial charge is 0.329 e. The summed E-state index contributed by atoms with van der Waals surface area (Å²) in [4.78, 5) is 55.7. The van der Waals surface area contributed by atoms with Gasteiger partial charge >= 0.3 is 6.18 Å². The minimum absolute atomic E-state index is 0.0913. The summed E-state index contributed by atoms with van der Waals surface area (Å²) in [6.45, 7) is 1.60. The Hall–Kier alpha value is -3.76. The van der Waals surface area contributed by atoms with E-state index >= 15 is 0 Å². The summed E-state index contributed by atoms with van der Waals surface area (Å²) in [6, 6.07) is 2.80. The number of piperidine rings is 1. The number of aliphatic imine (C=N–C) groups is 1. The molecule has 2 heterocycles. The van der Waals surface area contributed by atoms with Gasteiger partial charge in [-0.15, -0.1) is 0 Å². The lowest BCUT2D eigenvalue weighted by Gasteiger charge is -2.40. The van der Waals surface area contributed by atoms with Gasteiger partial charge in [-0.3, -0.25) is 34.4 Å². The van der Waals surface area contributed by atoms with Gasteiger partial charge in [-0.1, -0.05) is 24.3 Å². The van der Waals surface area contributed by atoms with Crippen LogP contribution in [0.2, 0.25) is 0 Å². The number of rotatable bonds is 4. The number of nitrogens with one attached hydrogen (secondary N) is 2. The summed E-state index contributed by atoms with van der Waals surface area (Å²) in [5.74, 6) is -2.47. The van der Waals surface area contributed by atoms with Gasteiger partial charge in [0, 0.05) is 12.1 Å². The minimum atomic E-state index is -4.47. The summed E-state index contributed by atoms with van der Waals surface area (Å²) in [5, 5.41) is 4.90. The summed E-state index contributed by atoms with van der Waals surface area (Å²) >= 11 is 0. The third-order valence-electron chi connectivity index (χ3n) is 5.90. The van der Waals surface area contributed by atoms with Crippen LogP contribution in [0.1, 0.15) is 30.9 Å². The highest BCUT2D eigenvalue weighted by Crippen LogP contribution is 2.31. The van der Waals surface area contributed by atoms with E-state index in [-0.39, 0.29) is 25.0 Å². The number of carbonyl (C=O) groups excluding carboxylic acids is 4. The van der Waals surface area contributed by atoms with Crippen LogP contribution in [0, 0.1) is 5.92 Å². The zero-order chi connectivity index (χ0) is 24.6. The van der Waals surface area contributed by atoms with Crippen LogP contribution in [-0.4, -0.2) is 46.4 Å². The molecule has 0 aromatic heterocycles. The Labute approximate surface area is 192 Å². The Balaban J connectivity index is 1.49. The molecular weight excluding hydrogens is 453 g/mol. The fourth-order valence-corrected chi connectivity index (χ4v) is 4.28. The zero-order valence-corrected chi connectivity index (χ0v) is 18.1. The van der Waals surface area contributed by atoms with Crippen LogP contribution >= 0.6 is 0 Å². The fourth-order valence-electron chi connectivity index (χ4n) is 4.28. The average Bonchev–Trinajstić information content (AvgIpc) is 2.74. The molecule has 1 aromatic carbocycles. The third kappa shape index (κ3) is 4.63. The highest BCUT2D eigenvalue weighted by molar-refractivity contribution is 6.09. The van der Waals surface area contributed by atoms with Crippen molar-refractivity contribution in [1.29, 1.82) is 0 Å². The van der Waals surface area contributed by atoms with Crippen molar-refractivity contribution in [1.82, 2.24) is 15.5 Å². The van der Waals surface area contributed by atoms with Crippen LogP contribution in [0.5, 0.6) is 0 Å². The molecule has 2 aliphatic heterocycles. The van der Waals surface area contributed by atoms with Gasteiger partial charge in [0.05, 0.1) is 18.0 Å². The lowest BCUT2D eigenvalue weighted by Crippen LogP contribution is -2.60. The quantitative estimate of drug-likeness (QED) is 0.650. The van der Waals surface area contributed by atoms with Gasteiger partial charge in [-0.2, -0.15) is 13.2 Å². The summed E-state index contributed by atoms with van der Waals surface area (Å²) in [5.41, 5.74) is -0.153. The van der Waals surface area contributed by atoms with Crippen LogP contribution in [0.15, 0.2) is 53.2 Å². The number of benzene rings is 1. The summed E-state index contributed by atoms with van der Waals surface area (Å²) in [6.07, 6.45) is 0.514. The first kappa shape index (κ1) is 23.4. The zero-order valence-electron chi connectivity index (χ0n) is 18.1. The molecule has 3 aliphatic rings. The first-order valence-corrected chi connectivity index (χ1v) is 10.6. The number of amides is 4. The van der Waals surface area contributed by atoms with Gasteiger partial charge < -0.3 is 5.32 Å². The molecule has 2 N–H and O–H groups in total. The molecule has 34 heavy (non-hydrogen) atoms. The molecule has 8 nitrogen and oxygen atoms in total. The van der Waals surface area contributed by atoms with Crippen molar-refractivity contribution in [2.24, 2.45) is 10.9 Å². The number of allylic oxidation sites excluding steroid dienone is 2. The van der Waals surface area contributed by atoms with E-state index in [1.54, 1.807) is 25.2 Å². The third-order valence-corrected chi connectivity index (χ3v) is 5.90. The average molecular weight is 474 g/mol. The Morgan fingerprint density at radius 1 is 1.21 bits per heavy atom. The number of imide groups is 1. The molecule has 4 rings (SSSR count). The maximum atomic E-state index is 13.4. The van der Waals surface area contributed by atoms with Crippen molar-refractivity contribution in [3.8, 4) is 0 Å². The Morgan fingerprint density at radius 3 is 2.56 bits per heavy atom. The van der Waals surface area contributed by atoms with E-state index in [0.29, 0.717) is 11.4 Å². The molecule has 11 heteroatoms. The van der Waals surface area contributed by atoms with Gasteiger partial charge in [0.25, 0.3) is 0 Å². The van der Waals surface area contributed by atoms with Crippen LogP contribution < -0.4 is 10.6 Å². The lowest BCUT2D eigenvalue weighted by molar-refractivity contribution is -0.144. The highest BCUT2D eigenvalue weighted by Gasteiger charge is 2.45. The molecule has 4 amide bonds. The van der Waals surface area contributed by atoms with Crippen molar-refractivity contribution >= 4 is 29.5 Å². The van der Waals surface area contributed by atoms with E-state index in [1.165, 1.54) is 17.0 Å². The van der Waals surface area contributed by atoms with E-state index in [2.05, 4.69) is 15.6 Å². The first-order valence-electron chi connectivity index (χ1n) is 10.6. The molecule has 3 unspecified atom stereocenters. The molecule has 178 valence electrons. The molecule has 0 saturated carbocycles. The van der Waals surface area contributed by atoms with Crippen molar-refractivity contribution in [2.75, 3.05) is 0 Å². The predicted molar refractivity (Wildman–Crippen MR) is 114 cm³/mol. The van der Waals surface area contributed by atoms with E-state index in [1.807, 2.05) is 0 Å². The molecule has 0 radical (unpaired) electrons. The number of alkyl halides is 3. The van der Waals surface area contributed by atoms with Crippen LogP contribution in [0.3, 0.4) is 0 Å². The number of carbonyl (C=O) groups is 4. The summed E-state index contributed by atoms with van der Waals surface area (Å²) < 4.78 is 38.2. The van der Waals surface area contributed by atoms with Gasteiger partial charge in [0.1, 0.15) is 17.8 Å². The highest BCUT2D eigenvalue weighted by atomic mass is 19.4. The van der Waals surface area contributed by atoms with E-state index in [0.717, 1.165) is 12.1 Å². The second kappa shape index (κ2) is 8.88. The largest absolute Gasteiger partial charge is 0.416 e. The molecule has 1 saturated heterocycles. The second-order valence-corrected chi connectivity index (χ2v) is 8.25. The first-order chi connectivity index (χ1) is 16.0. The van der Waals surface area contributed by atoms with Crippen molar-refractivity contribution in [3.05, 3.63) is 59.3 Å². The molecule has 0 spiro atoms. The Morgan fingerprint density at radius 2 is 1.91 bits per heavy atom. The monoisotopic (exact) mass is 474 g/mol. The van der Waals surface area contributed by atoms with E-state index in [9.17, 15) is 32.3 Å². The number of hydrogen-bond donors (Lipinski definition) is 2. The van der Waals surface area contributed by atoms with E-state index < -0.39 is 53.4 Å². The maximum absolute atomic E-state index is 13.4. The molecule has 1 aliphatic carbocycles. The molecular formula is C23H21F3N4O4. The lowest BCUT2D eigenvalue weighted by atomic mass is 9.87. The Bertz CT molecular complexity index is 1140. The number of halogens is 3. The van der Waals surface area contributed by atoms with Crippen LogP contribution in [-0.2, 0) is 31.8 Å². The minimum Gasteiger partial charge on any atom is -0.329 e. The van der Waals surface area contributed by atoms with Gasteiger partial charge in [0.2, 0.25) is 23.6 Å². The van der Waals surface area contributed by atoms with Crippen molar-refractivity contribution in [3.63, 3.8) is 0 Å². The number of nitrogens with zero attached hydrogens (tertiary/aromatic N) is 2. The van der Waals surface area contributed by atoms with Gasteiger partial charge in [-0.25, -0.2) is 0 Å². The number of hydrogen-bond acceptors (Lipinski definition) is 5. The van der Waals surface area contributed by atoms with Gasteiger partial charge in [-0.05, 0) is 37.1 Å². The van der Waals surface area contributed by atoms with Crippen molar-refractivity contribution in [2.45, 2.75) is 44.4 Å². The SMILES string of the molecule is CC1=NC2C=CC=C(NC(=O)Cc3ccc(C(F)(F)F)cc3)C2C(=O)N1C1CCC(=O)NC1=O. The van der Waals surface area contributed by atoms with E-state index in [4.69, 9.17) is 0 Å². The molecule has 0 bridgehead atoms. The topological polar surface area (TPSA) is 108 Å². The number of fused-ring (bicyclic) bond motifs is 1. The maximum Gasteiger partial charge on any atom is 0.416 e. The standard InChI is InChI=1S/C23H21F3N4O4/c1-12-27-15-3-2-4-16(20(15)22(34)30(12)17-9-10-18(31)29-21(17)33)28-19(32)11-13-5-7-14(8-6-13)23(24,25)26/h2-8,15,17,20H,9-11H2,1H3,(H,28,32)(H,29,31,33). The van der Waals surface area contributed by atoms with Crippen molar-refractivity contribution < 1.29 is 32.3 Å². The molecule has 1 aromatic rings. The fraction of sp³-hybridized carbons (Fsp3) is 0.348. The number of amidine groups is 1. The molecule has 3 atom stereocenters. The van der Waals surface area contributed by atoms with Crippen LogP contribution in [0.25, 0.3) is 0 Å². The van der Waals surface area contributed by atoms with Gasteiger partial charge in [0.15, 0.2) is 0 Å². The normalized spacial score (nSPS) is 24.8. The predicted octanol–water partition coefficient (Wildman–Crippen LogP) is 1.87. The van der Waals surface area contributed by atoms with Crippen LogP contribution in [0.4, 0.5) is 13.2 Å². The second-order valence-electron chi connectivity index (χ2n) is 8.25. The molecule has 1 fully saturated rings.